The Bertz CT molecular complexity index is 473. The highest BCUT2D eigenvalue weighted by Gasteiger charge is 2.26. The van der Waals surface area contributed by atoms with Crippen LogP contribution in [0.5, 0.6) is 0 Å². The molecule has 7 heteroatoms. The number of rotatable bonds is 10. The molecule has 1 atom stereocenters. The van der Waals surface area contributed by atoms with Gasteiger partial charge >= 0.3 is 0 Å². The number of aliphatic imine (C=N–C) groups is 1. The summed E-state index contributed by atoms with van der Waals surface area (Å²) in [5.74, 6) is 2.03. The minimum Gasteiger partial charge on any atom is -0.466 e. The van der Waals surface area contributed by atoms with Crippen LogP contribution in [0.1, 0.15) is 38.9 Å². The number of hydrogen-bond acceptors (Lipinski definition) is 4. The number of guanidine groups is 1. The van der Waals surface area contributed by atoms with Gasteiger partial charge in [0.2, 0.25) is 0 Å². The summed E-state index contributed by atoms with van der Waals surface area (Å²) in [6.45, 7) is 7.18. The van der Waals surface area contributed by atoms with Crippen LogP contribution in [-0.4, -0.2) is 43.9 Å². The Morgan fingerprint density at radius 1 is 1.46 bits per heavy atom. The fourth-order valence-electron chi connectivity index (χ4n) is 2.15. The minimum absolute atomic E-state index is 0. The number of ether oxygens (including phenoxy) is 1. The molecule has 1 aromatic heterocycles. The number of nitrogens with zero attached hydrogens (tertiary/aromatic N) is 1. The SMILES string of the molecule is CCNC(=NCC(C)(O)c1ccco1)NCCCOCC1CC1.I. The minimum atomic E-state index is -1.11. The molecular weight excluding hydrogens is 421 g/mol. The van der Waals surface area contributed by atoms with Crippen LogP contribution < -0.4 is 10.6 Å². The van der Waals surface area contributed by atoms with Gasteiger partial charge in [0.05, 0.1) is 12.8 Å². The Kier molecular flexibility index (Phi) is 9.68. The lowest BCUT2D eigenvalue weighted by Gasteiger charge is -2.19. The zero-order valence-electron chi connectivity index (χ0n) is 14.6. The van der Waals surface area contributed by atoms with Crippen LogP contribution in [0.4, 0.5) is 0 Å². The molecule has 0 spiro atoms. The topological polar surface area (TPSA) is 79.0 Å². The summed E-state index contributed by atoms with van der Waals surface area (Å²) in [7, 11) is 0. The van der Waals surface area contributed by atoms with Crippen molar-refractivity contribution in [3.05, 3.63) is 24.2 Å². The monoisotopic (exact) mass is 451 g/mol. The molecule has 0 aromatic carbocycles. The first-order valence-electron chi connectivity index (χ1n) is 8.48. The molecule has 1 heterocycles. The zero-order valence-corrected chi connectivity index (χ0v) is 16.9. The molecule has 6 nitrogen and oxygen atoms in total. The summed E-state index contributed by atoms with van der Waals surface area (Å²) in [6, 6.07) is 3.52. The average molecular weight is 451 g/mol. The number of aliphatic hydroxyl groups is 1. The van der Waals surface area contributed by atoms with Crippen molar-refractivity contribution in [2.75, 3.05) is 32.8 Å². The third-order valence-electron chi connectivity index (χ3n) is 3.75. The molecule has 24 heavy (non-hydrogen) atoms. The summed E-state index contributed by atoms with van der Waals surface area (Å²) in [6.07, 6.45) is 5.14. The van der Waals surface area contributed by atoms with Gasteiger partial charge in [-0.15, -0.1) is 24.0 Å². The maximum atomic E-state index is 10.4. The summed E-state index contributed by atoms with van der Waals surface area (Å²) in [4.78, 5) is 4.44. The Balaban J connectivity index is 0.00000288. The van der Waals surface area contributed by atoms with Crippen molar-refractivity contribution in [2.45, 2.75) is 38.7 Å². The fraction of sp³-hybridized carbons (Fsp3) is 0.706. The van der Waals surface area contributed by atoms with Crippen molar-refractivity contribution in [1.29, 1.82) is 0 Å². The Labute approximate surface area is 161 Å². The van der Waals surface area contributed by atoms with Crippen LogP contribution in [-0.2, 0) is 10.3 Å². The van der Waals surface area contributed by atoms with Crippen molar-refractivity contribution >= 4 is 29.9 Å². The van der Waals surface area contributed by atoms with E-state index in [0.717, 1.165) is 38.6 Å². The summed E-state index contributed by atoms with van der Waals surface area (Å²) in [5, 5.41) is 16.9. The van der Waals surface area contributed by atoms with Gasteiger partial charge in [-0.05, 0) is 51.2 Å². The molecule has 1 aromatic rings. The zero-order chi connectivity index (χ0) is 16.5. The lowest BCUT2D eigenvalue weighted by molar-refractivity contribution is 0.0437. The third kappa shape index (κ3) is 7.85. The third-order valence-corrected chi connectivity index (χ3v) is 3.75. The van der Waals surface area contributed by atoms with Crippen molar-refractivity contribution < 1.29 is 14.3 Å². The van der Waals surface area contributed by atoms with Crippen LogP contribution in [0.2, 0.25) is 0 Å². The van der Waals surface area contributed by atoms with Gasteiger partial charge in [0.1, 0.15) is 11.4 Å². The van der Waals surface area contributed by atoms with Gasteiger partial charge in [-0.3, -0.25) is 0 Å². The molecule has 3 N–H and O–H groups in total. The first-order chi connectivity index (χ1) is 11.1. The standard InChI is InChI=1S/C17H29N3O3.HI/c1-3-18-16(19-9-5-10-22-12-14-7-8-14)20-13-17(2,21)15-6-4-11-23-15;/h4,6,11,14,21H,3,5,7-10,12-13H2,1-2H3,(H2,18,19,20);1H. The molecule has 0 bridgehead atoms. The molecule has 1 aliphatic carbocycles. The van der Waals surface area contributed by atoms with Crippen LogP contribution in [0.15, 0.2) is 27.8 Å². The van der Waals surface area contributed by atoms with Crippen LogP contribution in [0.3, 0.4) is 0 Å². The molecule has 1 unspecified atom stereocenters. The van der Waals surface area contributed by atoms with Crippen molar-refractivity contribution in [3.63, 3.8) is 0 Å². The maximum absolute atomic E-state index is 10.4. The highest BCUT2D eigenvalue weighted by Crippen LogP contribution is 2.28. The van der Waals surface area contributed by atoms with Gasteiger partial charge in [-0.25, -0.2) is 4.99 Å². The van der Waals surface area contributed by atoms with E-state index in [1.54, 1.807) is 25.3 Å². The first kappa shape index (κ1) is 21.2. The van der Waals surface area contributed by atoms with Crippen LogP contribution in [0, 0.1) is 5.92 Å². The quantitative estimate of drug-likeness (QED) is 0.221. The number of halogens is 1. The highest BCUT2D eigenvalue weighted by molar-refractivity contribution is 14.0. The molecule has 2 rings (SSSR count). The van der Waals surface area contributed by atoms with E-state index in [9.17, 15) is 5.11 Å². The lowest BCUT2D eigenvalue weighted by Crippen LogP contribution is -2.39. The number of nitrogens with one attached hydrogen (secondary N) is 2. The molecule has 0 radical (unpaired) electrons. The van der Waals surface area contributed by atoms with Gasteiger partial charge in [0.15, 0.2) is 5.96 Å². The summed E-state index contributed by atoms with van der Waals surface area (Å²) < 4.78 is 10.9. The maximum Gasteiger partial charge on any atom is 0.191 e. The second-order valence-corrected chi connectivity index (χ2v) is 6.24. The van der Waals surface area contributed by atoms with E-state index >= 15 is 0 Å². The van der Waals surface area contributed by atoms with Gasteiger partial charge in [-0.1, -0.05) is 0 Å². The number of hydrogen-bond donors (Lipinski definition) is 3. The molecule has 1 saturated carbocycles. The van der Waals surface area contributed by atoms with Crippen LogP contribution >= 0.6 is 24.0 Å². The molecular formula is C17H30IN3O3. The summed E-state index contributed by atoms with van der Waals surface area (Å²) in [5.41, 5.74) is -1.11. The smallest absolute Gasteiger partial charge is 0.191 e. The predicted molar refractivity (Wildman–Crippen MR) is 106 cm³/mol. The Morgan fingerprint density at radius 2 is 2.25 bits per heavy atom. The molecule has 0 amide bonds. The van der Waals surface area contributed by atoms with Gasteiger partial charge in [-0.2, -0.15) is 0 Å². The molecule has 1 fully saturated rings. The van der Waals surface area contributed by atoms with E-state index < -0.39 is 5.60 Å². The van der Waals surface area contributed by atoms with Crippen molar-refractivity contribution in [1.82, 2.24) is 10.6 Å². The van der Waals surface area contributed by atoms with Gasteiger partial charge in [0, 0.05) is 26.3 Å². The van der Waals surface area contributed by atoms with Gasteiger partial charge < -0.3 is 24.9 Å². The van der Waals surface area contributed by atoms with E-state index in [4.69, 9.17) is 9.15 Å². The fourth-order valence-corrected chi connectivity index (χ4v) is 2.15. The average Bonchev–Trinajstić information content (AvgIpc) is 3.17. The highest BCUT2D eigenvalue weighted by atomic mass is 127. The van der Waals surface area contributed by atoms with Crippen LogP contribution in [0.25, 0.3) is 0 Å². The molecule has 138 valence electrons. The lowest BCUT2D eigenvalue weighted by atomic mass is 10.0. The normalized spacial score (nSPS) is 17.0. The van der Waals surface area contributed by atoms with Crippen molar-refractivity contribution in [3.8, 4) is 0 Å². The first-order valence-corrected chi connectivity index (χ1v) is 8.48. The predicted octanol–water partition coefficient (Wildman–Crippen LogP) is 2.48. The largest absolute Gasteiger partial charge is 0.466 e. The molecule has 0 aliphatic heterocycles. The van der Waals surface area contributed by atoms with E-state index in [1.807, 2.05) is 6.92 Å². The second kappa shape index (κ2) is 10.9. The van der Waals surface area contributed by atoms with E-state index in [-0.39, 0.29) is 30.5 Å². The Hall–Kier alpha value is -0.800. The van der Waals surface area contributed by atoms with E-state index in [1.165, 1.54) is 12.8 Å². The van der Waals surface area contributed by atoms with E-state index in [0.29, 0.717) is 11.7 Å². The van der Waals surface area contributed by atoms with E-state index in [2.05, 4.69) is 15.6 Å². The second-order valence-electron chi connectivity index (χ2n) is 6.24. The molecule has 0 saturated heterocycles. The summed E-state index contributed by atoms with van der Waals surface area (Å²) >= 11 is 0. The van der Waals surface area contributed by atoms with Crippen molar-refractivity contribution in [2.24, 2.45) is 10.9 Å². The molecule has 1 aliphatic rings. The Morgan fingerprint density at radius 3 is 2.88 bits per heavy atom. The van der Waals surface area contributed by atoms with Gasteiger partial charge in [0.25, 0.3) is 0 Å². The number of furan rings is 1.